The Morgan fingerprint density at radius 1 is 1.15 bits per heavy atom. The van der Waals surface area contributed by atoms with E-state index in [1.165, 1.54) is 7.11 Å². The third-order valence-corrected chi connectivity index (χ3v) is 7.46. The Morgan fingerprint density at radius 3 is 2.59 bits per heavy atom. The van der Waals surface area contributed by atoms with Gasteiger partial charge in [0.2, 0.25) is 11.8 Å². The fourth-order valence-electron chi connectivity index (χ4n) is 5.28. The van der Waals surface area contributed by atoms with Crippen molar-refractivity contribution in [1.82, 2.24) is 14.8 Å². The third-order valence-electron chi connectivity index (χ3n) is 7.27. The zero-order valence-corrected chi connectivity index (χ0v) is 19.7. The average Bonchev–Trinajstić information content (AvgIpc) is 3.40. The summed E-state index contributed by atoms with van der Waals surface area (Å²) in [7, 11) is 1.49. The highest BCUT2D eigenvalue weighted by molar-refractivity contribution is 6.29. The van der Waals surface area contributed by atoms with Crippen LogP contribution < -0.4 is 4.74 Å². The van der Waals surface area contributed by atoms with Crippen LogP contribution in [0.3, 0.4) is 0 Å². The lowest BCUT2D eigenvalue weighted by Crippen LogP contribution is -2.44. The Hall–Kier alpha value is -3.13. The minimum atomic E-state index is -0.517. The first-order valence-electron chi connectivity index (χ1n) is 11.5. The molecule has 1 aromatic carbocycles. The molecular weight excluding hydrogens is 458 g/mol. The molecule has 0 N–H and O–H groups in total. The second-order valence-electron chi connectivity index (χ2n) is 9.26. The molecule has 0 bridgehead atoms. The maximum Gasteiger partial charge on any atom is 0.339 e. The third kappa shape index (κ3) is 4.22. The highest BCUT2D eigenvalue weighted by Crippen LogP contribution is 2.42. The van der Waals surface area contributed by atoms with Crippen LogP contribution in [0.4, 0.5) is 0 Å². The van der Waals surface area contributed by atoms with E-state index >= 15 is 0 Å². The number of esters is 1. The Kier molecular flexibility index (Phi) is 5.93. The van der Waals surface area contributed by atoms with Crippen molar-refractivity contribution >= 4 is 29.4 Å². The van der Waals surface area contributed by atoms with Gasteiger partial charge in [0.1, 0.15) is 11.3 Å². The second-order valence-corrected chi connectivity index (χ2v) is 9.65. The SMILES string of the molecule is COc1cc(C(=O)N2CCC3(CCN(C(=O)CC4OC(=O)c5ccccc54)C3)CC2)cc(Cl)n1. The Balaban J connectivity index is 1.18. The molecule has 1 spiro atoms. The number of carbonyl (C=O) groups excluding carboxylic acids is 3. The van der Waals surface area contributed by atoms with E-state index in [2.05, 4.69) is 4.98 Å². The van der Waals surface area contributed by atoms with Gasteiger partial charge in [-0.25, -0.2) is 9.78 Å². The van der Waals surface area contributed by atoms with E-state index in [0.717, 1.165) is 24.8 Å². The van der Waals surface area contributed by atoms with Gasteiger partial charge in [-0.3, -0.25) is 9.59 Å². The van der Waals surface area contributed by atoms with E-state index in [9.17, 15) is 14.4 Å². The van der Waals surface area contributed by atoms with Gasteiger partial charge in [-0.1, -0.05) is 29.8 Å². The summed E-state index contributed by atoms with van der Waals surface area (Å²) < 4.78 is 10.6. The van der Waals surface area contributed by atoms with Crippen LogP contribution >= 0.6 is 11.6 Å². The fraction of sp³-hybridized carbons (Fsp3) is 0.440. The fourth-order valence-corrected chi connectivity index (χ4v) is 5.48. The number of methoxy groups -OCH3 is 1. The van der Waals surface area contributed by atoms with Crippen molar-refractivity contribution < 1.29 is 23.9 Å². The number of pyridine rings is 1. The Labute approximate surface area is 202 Å². The van der Waals surface area contributed by atoms with E-state index in [1.807, 2.05) is 21.9 Å². The number of likely N-dealkylation sites (tertiary alicyclic amines) is 2. The van der Waals surface area contributed by atoms with Crippen LogP contribution in [0, 0.1) is 5.41 Å². The maximum absolute atomic E-state index is 13.0. The molecule has 3 aliphatic rings. The topological polar surface area (TPSA) is 89.0 Å². The van der Waals surface area contributed by atoms with Crippen molar-refractivity contribution in [3.63, 3.8) is 0 Å². The zero-order chi connectivity index (χ0) is 23.9. The molecule has 2 aromatic rings. The molecule has 0 aliphatic carbocycles. The predicted molar refractivity (Wildman–Crippen MR) is 124 cm³/mol. The van der Waals surface area contributed by atoms with Gasteiger partial charge in [0.15, 0.2) is 0 Å². The predicted octanol–water partition coefficient (Wildman–Crippen LogP) is 3.50. The van der Waals surface area contributed by atoms with Crippen molar-refractivity contribution in [2.24, 2.45) is 5.41 Å². The standard InChI is InChI=1S/C25H26ClN3O5/c1-33-21-13-16(12-20(26)27-21)23(31)28-9-6-25(7-10-28)8-11-29(15-25)22(30)14-19-17-4-2-3-5-18(17)24(32)34-19/h2-5,12-13,19H,6-11,14-15H2,1H3. The number of ether oxygens (including phenoxy) is 2. The summed E-state index contributed by atoms with van der Waals surface area (Å²) >= 11 is 6.03. The van der Waals surface area contributed by atoms with Crippen molar-refractivity contribution in [3.05, 3.63) is 58.2 Å². The number of fused-ring (bicyclic) bond motifs is 1. The van der Waals surface area contributed by atoms with E-state index < -0.39 is 6.10 Å². The number of benzene rings is 1. The number of rotatable bonds is 4. The number of piperidine rings is 1. The van der Waals surface area contributed by atoms with Gasteiger partial charge in [-0.05, 0) is 36.8 Å². The number of aromatic nitrogens is 1. The van der Waals surface area contributed by atoms with Crippen molar-refractivity contribution in [2.45, 2.75) is 31.8 Å². The molecule has 1 unspecified atom stereocenters. The Morgan fingerprint density at radius 2 is 1.85 bits per heavy atom. The lowest BCUT2D eigenvalue weighted by Gasteiger charge is -2.39. The van der Waals surface area contributed by atoms with E-state index in [-0.39, 0.29) is 34.8 Å². The molecule has 2 saturated heterocycles. The zero-order valence-electron chi connectivity index (χ0n) is 19.0. The van der Waals surface area contributed by atoms with E-state index in [1.54, 1.807) is 24.3 Å². The quantitative estimate of drug-likeness (QED) is 0.488. The van der Waals surface area contributed by atoms with Crippen LogP contribution in [-0.4, -0.2) is 65.9 Å². The van der Waals surface area contributed by atoms with Crippen molar-refractivity contribution in [2.75, 3.05) is 33.3 Å². The van der Waals surface area contributed by atoms with Crippen LogP contribution in [0.1, 0.15) is 58.1 Å². The molecule has 9 heteroatoms. The summed E-state index contributed by atoms with van der Waals surface area (Å²) in [5.41, 5.74) is 1.81. The van der Waals surface area contributed by atoms with Crippen molar-refractivity contribution in [1.29, 1.82) is 0 Å². The first kappa shape index (κ1) is 22.7. The van der Waals surface area contributed by atoms with Crippen LogP contribution in [-0.2, 0) is 9.53 Å². The molecule has 178 valence electrons. The lowest BCUT2D eigenvalue weighted by atomic mass is 9.77. The number of hydrogen-bond acceptors (Lipinski definition) is 6. The van der Waals surface area contributed by atoms with Gasteiger partial charge in [0.05, 0.1) is 19.1 Å². The minimum Gasteiger partial charge on any atom is -0.481 e. The summed E-state index contributed by atoms with van der Waals surface area (Å²) in [6, 6.07) is 10.4. The molecule has 8 nitrogen and oxygen atoms in total. The molecule has 1 atom stereocenters. The van der Waals surface area contributed by atoms with Gasteiger partial charge in [-0.15, -0.1) is 0 Å². The van der Waals surface area contributed by atoms with E-state index in [4.69, 9.17) is 21.1 Å². The van der Waals surface area contributed by atoms with Crippen LogP contribution in [0.15, 0.2) is 36.4 Å². The van der Waals surface area contributed by atoms with Gasteiger partial charge < -0.3 is 19.3 Å². The molecule has 2 amide bonds. The van der Waals surface area contributed by atoms with E-state index in [0.29, 0.717) is 43.2 Å². The average molecular weight is 484 g/mol. The molecule has 4 heterocycles. The number of halogens is 1. The number of nitrogens with zero attached hydrogens (tertiary/aromatic N) is 3. The molecule has 34 heavy (non-hydrogen) atoms. The summed E-state index contributed by atoms with van der Waals surface area (Å²) in [6.45, 7) is 2.60. The Bertz CT molecular complexity index is 1150. The van der Waals surface area contributed by atoms with Gasteiger partial charge in [0, 0.05) is 43.4 Å². The number of cyclic esters (lactones) is 1. The minimum absolute atomic E-state index is 0.00315. The number of hydrogen-bond donors (Lipinski definition) is 0. The molecule has 1 aromatic heterocycles. The second kappa shape index (κ2) is 8.91. The summed E-state index contributed by atoms with van der Waals surface area (Å²) in [5.74, 6) is -0.144. The van der Waals surface area contributed by atoms with Crippen LogP contribution in [0.2, 0.25) is 5.15 Å². The first-order chi connectivity index (χ1) is 16.4. The molecule has 0 radical (unpaired) electrons. The molecule has 2 fully saturated rings. The molecule has 0 saturated carbocycles. The highest BCUT2D eigenvalue weighted by Gasteiger charge is 2.44. The van der Waals surface area contributed by atoms with Gasteiger partial charge in [0.25, 0.3) is 5.91 Å². The molecular formula is C25H26ClN3O5. The lowest BCUT2D eigenvalue weighted by molar-refractivity contribution is -0.132. The largest absolute Gasteiger partial charge is 0.481 e. The smallest absolute Gasteiger partial charge is 0.339 e. The summed E-state index contributed by atoms with van der Waals surface area (Å²) in [5, 5.41) is 0.219. The highest BCUT2D eigenvalue weighted by atomic mass is 35.5. The number of amides is 2. The first-order valence-corrected chi connectivity index (χ1v) is 11.8. The summed E-state index contributed by atoms with van der Waals surface area (Å²) in [6.07, 6.45) is 2.22. The number of carbonyl (C=O) groups is 3. The van der Waals surface area contributed by atoms with Gasteiger partial charge in [-0.2, -0.15) is 0 Å². The van der Waals surface area contributed by atoms with Crippen LogP contribution in [0.5, 0.6) is 5.88 Å². The normalized spacial score (nSPS) is 20.9. The maximum atomic E-state index is 13.0. The monoisotopic (exact) mass is 483 g/mol. The van der Waals surface area contributed by atoms with Gasteiger partial charge >= 0.3 is 5.97 Å². The molecule has 3 aliphatic heterocycles. The summed E-state index contributed by atoms with van der Waals surface area (Å²) in [4.78, 5) is 45.8. The van der Waals surface area contributed by atoms with Crippen LogP contribution in [0.25, 0.3) is 0 Å². The molecule has 5 rings (SSSR count). The van der Waals surface area contributed by atoms with Crippen molar-refractivity contribution in [3.8, 4) is 5.88 Å².